The van der Waals surface area contributed by atoms with Crippen LogP contribution in [0.15, 0.2) is 322 Å². The molecule has 0 bridgehead atoms. The molecule has 11 nitrogen and oxygen atoms in total. The van der Waals surface area contributed by atoms with E-state index in [1.807, 2.05) is 91.5 Å². The van der Waals surface area contributed by atoms with E-state index in [2.05, 4.69) is 233 Å². The first kappa shape index (κ1) is 58.7. The minimum absolute atomic E-state index is 0.547. The third kappa shape index (κ3) is 9.34. The zero-order valence-corrected chi connectivity index (χ0v) is 55.5. The van der Waals surface area contributed by atoms with Crippen LogP contribution < -0.4 is 0 Å². The first-order valence-corrected chi connectivity index (χ1v) is 34.7. The summed E-state index contributed by atoms with van der Waals surface area (Å²) in [6.07, 6.45) is 10.7. The molecular formula is C93H53N11. The van der Waals surface area contributed by atoms with E-state index in [1.54, 1.807) is 12.4 Å². The predicted octanol–water partition coefficient (Wildman–Crippen LogP) is 23.2. The van der Waals surface area contributed by atoms with Crippen molar-refractivity contribution >= 4 is 218 Å². The smallest absolute Gasteiger partial charge is 0.198 e. The van der Waals surface area contributed by atoms with E-state index in [0.29, 0.717) is 11.3 Å². The van der Waals surface area contributed by atoms with Crippen molar-refractivity contribution in [3.8, 4) is 0 Å². The van der Waals surface area contributed by atoms with Gasteiger partial charge < -0.3 is 0 Å². The van der Waals surface area contributed by atoms with Crippen molar-refractivity contribution in [2.45, 2.75) is 0 Å². The SMILES string of the molecule is c1ccc2c(c1)ccc1c3nc4ccccc4nc3c3cccnc3c21.c1ccc2c(c1)ccc1c3nc4nccnc4nc3c3cccnc3c21.c1ccc2cc3c(cc2c1)c1cccnc1c1c2ccccc2ccc31.c1ccc2nc3c(cc2c1)c1ccc2ccccc2c1c1ncccc31. The second kappa shape index (κ2) is 23.7. The van der Waals surface area contributed by atoms with Crippen LogP contribution in [-0.4, -0.2) is 54.8 Å². The van der Waals surface area contributed by atoms with Gasteiger partial charge >= 0.3 is 0 Å². The normalized spacial score (nSPS) is 11.8. The summed E-state index contributed by atoms with van der Waals surface area (Å²) in [6, 6.07) is 99.5. The van der Waals surface area contributed by atoms with Gasteiger partial charge in [0.15, 0.2) is 11.3 Å². The fourth-order valence-corrected chi connectivity index (χ4v) is 15.9. The second-order valence-electron chi connectivity index (χ2n) is 26.3. The van der Waals surface area contributed by atoms with Crippen LogP contribution in [0.2, 0.25) is 0 Å². The van der Waals surface area contributed by atoms with E-state index in [9.17, 15) is 0 Å². The zero-order valence-electron chi connectivity index (χ0n) is 55.5. The number of fused-ring (bicyclic) bond motifs is 36. The Balaban J connectivity index is 0.0000000896. The van der Waals surface area contributed by atoms with Crippen LogP contribution in [-0.2, 0) is 0 Å². The summed E-state index contributed by atoms with van der Waals surface area (Å²) in [4.78, 5) is 52.0. The van der Waals surface area contributed by atoms with Gasteiger partial charge in [0, 0.05) is 102 Å². The number of benzene rings is 16. The van der Waals surface area contributed by atoms with Crippen LogP contribution in [0, 0.1) is 0 Å². The first-order valence-electron chi connectivity index (χ1n) is 34.7. The number of hydrogen-bond donors (Lipinski definition) is 0. The summed E-state index contributed by atoms with van der Waals surface area (Å²) in [5.74, 6) is 0. The lowest BCUT2D eigenvalue weighted by Crippen LogP contribution is -1.95. The highest BCUT2D eigenvalue weighted by molar-refractivity contribution is 6.34. The third-order valence-electron chi connectivity index (χ3n) is 20.5. The molecule has 11 heteroatoms. The molecule has 0 atom stereocenters. The third-order valence-corrected chi connectivity index (χ3v) is 20.5. The summed E-state index contributed by atoms with van der Waals surface area (Å²) in [5, 5.41) is 30.9. The van der Waals surface area contributed by atoms with E-state index in [-0.39, 0.29) is 0 Å². The van der Waals surface area contributed by atoms with Crippen molar-refractivity contribution in [3.63, 3.8) is 0 Å². The topological polar surface area (TPSA) is 142 Å². The quantitative estimate of drug-likeness (QED) is 0.106. The number of hydrogen-bond acceptors (Lipinski definition) is 11. The molecule has 0 unspecified atom stereocenters. The highest BCUT2D eigenvalue weighted by Gasteiger charge is 2.20. The molecule has 104 heavy (non-hydrogen) atoms. The Morgan fingerprint density at radius 1 is 0.144 bits per heavy atom. The number of para-hydroxylation sites is 3. The molecule has 0 saturated heterocycles. The average molecular weight is 1320 g/mol. The summed E-state index contributed by atoms with van der Waals surface area (Å²) < 4.78 is 0. The van der Waals surface area contributed by atoms with Gasteiger partial charge in [-0.15, -0.1) is 0 Å². The maximum absolute atomic E-state index is 5.00. The van der Waals surface area contributed by atoms with E-state index < -0.39 is 0 Å². The molecule has 8 heterocycles. The van der Waals surface area contributed by atoms with Gasteiger partial charge in [-0.2, -0.15) is 0 Å². The van der Waals surface area contributed by atoms with E-state index >= 15 is 0 Å². The molecule has 480 valence electrons. The molecular weight excluding hydrogens is 1270 g/mol. The van der Waals surface area contributed by atoms with Crippen LogP contribution in [0.25, 0.3) is 218 Å². The molecule has 16 aromatic carbocycles. The Morgan fingerprint density at radius 2 is 0.442 bits per heavy atom. The van der Waals surface area contributed by atoms with Crippen LogP contribution in [0.1, 0.15) is 0 Å². The molecule has 0 aliphatic carbocycles. The van der Waals surface area contributed by atoms with Gasteiger partial charge in [0.05, 0.1) is 55.2 Å². The lowest BCUT2D eigenvalue weighted by molar-refractivity contribution is 1.20. The Labute approximate surface area is 591 Å². The van der Waals surface area contributed by atoms with Crippen molar-refractivity contribution in [3.05, 3.63) is 322 Å². The lowest BCUT2D eigenvalue weighted by Gasteiger charge is -2.13. The molecule has 24 rings (SSSR count). The molecule has 24 aromatic rings. The van der Waals surface area contributed by atoms with Crippen molar-refractivity contribution in [2.24, 2.45) is 0 Å². The first-order chi connectivity index (χ1) is 51.6. The summed E-state index contributed by atoms with van der Waals surface area (Å²) >= 11 is 0. The zero-order chi connectivity index (χ0) is 68.3. The highest BCUT2D eigenvalue weighted by Crippen LogP contribution is 2.43. The minimum Gasteiger partial charge on any atom is -0.256 e. The molecule has 0 radical (unpaired) electrons. The van der Waals surface area contributed by atoms with Crippen molar-refractivity contribution in [1.29, 1.82) is 0 Å². The molecule has 0 aliphatic heterocycles. The maximum Gasteiger partial charge on any atom is 0.198 e. The fraction of sp³-hybridized carbons (Fsp3) is 0. The highest BCUT2D eigenvalue weighted by atomic mass is 15.0. The summed E-state index contributed by atoms with van der Waals surface area (Å²) in [7, 11) is 0. The van der Waals surface area contributed by atoms with E-state index in [0.717, 1.165) is 115 Å². The monoisotopic (exact) mass is 1320 g/mol. The van der Waals surface area contributed by atoms with Gasteiger partial charge in [0.1, 0.15) is 11.0 Å². The molecule has 0 aliphatic rings. The molecule has 0 spiro atoms. The Bertz CT molecular complexity index is 6810. The summed E-state index contributed by atoms with van der Waals surface area (Å²) in [6.45, 7) is 0. The fourth-order valence-electron chi connectivity index (χ4n) is 15.9. The average Bonchev–Trinajstić information content (AvgIpc) is 0.744. The standard InChI is InChI=1S/C25H15N.C24H14N2.C23H13N3.C21H11N5/c1-2-8-18-15-23-21-10-5-13-26-25(21)24-19-9-4-3-6-16(19)11-12-20(24)22(23)14-17(18)7-1;1-3-8-17-15(6-1)11-12-18-20-14-16-7-2-4-10-21(16)26-23(20)19-9-5-13-25-24(19)22(17)18;1-2-7-15-14(6-1)11-12-16-20(15)21-17(8-5-13-24-21)23-22(16)25-18-9-3-4-10-19(18)26-23;1-2-5-13-12(4-1)7-8-14-16(13)17-15(6-3-9-22-17)19-18(14)25-20-21(26-19)24-11-10-23-20/h1-15H;1-14H;1-13H;1-11H. The van der Waals surface area contributed by atoms with Gasteiger partial charge in [0.2, 0.25) is 0 Å². The molecule has 0 saturated carbocycles. The molecule has 8 aromatic heterocycles. The Morgan fingerprint density at radius 3 is 0.913 bits per heavy atom. The second-order valence-corrected chi connectivity index (χ2v) is 26.3. The van der Waals surface area contributed by atoms with Gasteiger partial charge in [-0.25, -0.2) is 34.9 Å². The van der Waals surface area contributed by atoms with Gasteiger partial charge in [-0.3, -0.25) is 19.9 Å². The molecule has 0 N–H and O–H groups in total. The van der Waals surface area contributed by atoms with Gasteiger partial charge in [0.25, 0.3) is 0 Å². The van der Waals surface area contributed by atoms with Crippen molar-refractivity contribution in [2.75, 3.05) is 0 Å². The van der Waals surface area contributed by atoms with E-state index in [1.165, 1.54) is 91.6 Å². The Hall–Kier alpha value is -14.3. The largest absolute Gasteiger partial charge is 0.256 e. The lowest BCUT2D eigenvalue weighted by atomic mass is 9.92. The molecule has 0 amide bonds. The van der Waals surface area contributed by atoms with Crippen LogP contribution in [0.4, 0.5) is 0 Å². The van der Waals surface area contributed by atoms with Crippen molar-refractivity contribution in [1.82, 2.24) is 54.8 Å². The van der Waals surface area contributed by atoms with Crippen LogP contribution in [0.5, 0.6) is 0 Å². The maximum atomic E-state index is 5.00. The summed E-state index contributed by atoms with van der Waals surface area (Å²) in [5.41, 5.74) is 12.5. The number of rotatable bonds is 0. The van der Waals surface area contributed by atoms with E-state index in [4.69, 9.17) is 39.9 Å². The number of aromatic nitrogens is 11. The Kier molecular flexibility index (Phi) is 13.4. The minimum atomic E-state index is 0.547. The van der Waals surface area contributed by atoms with Crippen LogP contribution in [0.3, 0.4) is 0 Å². The van der Waals surface area contributed by atoms with Crippen LogP contribution >= 0.6 is 0 Å². The van der Waals surface area contributed by atoms with Crippen molar-refractivity contribution < 1.29 is 0 Å². The molecule has 0 fully saturated rings. The van der Waals surface area contributed by atoms with Gasteiger partial charge in [-0.05, 0) is 154 Å². The predicted molar refractivity (Wildman–Crippen MR) is 432 cm³/mol. The van der Waals surface area contributed by atoms with Gasteiger partial charge in [-0.1, -0.05) is 206 Å². The number of pyridine rings is 5. The number of nitrogens with zero attached hydrogens (tertiary/aromatic N) is 11.